The average molecular weight is 1390 g/mol. The van der Waals surface area contributed by atoms with Crippen LogP contribution in [0.15, 0.2) is 70.5 Å². The minimum Gasteiger partial charge on any atom is -0.744 e. The Hall–Kier alpha value is -1.21. The maximum Gasteiger partial charge on any atom is 2.00 e. The van der Waals surface area contributed by atoms with Crippen LogP contribution in [0.2, 0.25) is 0 Å². The molecule has 0 atom stereocenters. The maximum absolute atomic E-state index is 12.2. The number of benzene rings is 4. The summed E-state index contributed by atoms with van der Waals surface area (Å²) in [5.74, 6) is 0. The van der Waals surface area contributed by atoms with Crippen LogP contribution in [-0.4, -0.2) is 74.8 Å². The van der Waals surface area contributed by atoms with E-state index in [2.05, 4.69) is 52.0 Å². The van der Waals surface area contributed by atoms with Crippen LogP contribution in [0.3, 0.4) is 0 Å². The van der Waals surface area contributed by atoms with Crippen molar-refractivity contribution in [1.29, 1.82) is 0 Å². The zero-order chi connectivity index (χ0) is 63.4. The Labute approximate surface area is 591 Å². The standard InChI is InChI=1S/2C40H68O3S.Ba/c2*1-3-5-7-9-11-13-15-17-19-21-23-25-27-30-36-31-29-33-38-37(36)34-35-40(44(41,42)43)39(38)32-28-26-24-22-20-18-16-14-12-10-8-6-4-2;/h2*29,31,33-35H,3-28,30,32H2,1-2H3,(H,41,42,43);/q;;+2/p-2. The topological polar surface area (TPSA) is 114 Å². The summed E-state index contributed by atoms with van der Waals surface area (Å²) in [6, 6.07) is 19.4. The second-order valence-corrected chi connectivity index (χ2v) is 29.7. The van der Waals surface area contributed by atoms with Gasteiger partial charge in [-0.2, -0.15) is 0 Å². The Morgan fingerprint density at radius 3 is 0.629 bits per heavy atom. The van der Waals surface area contributed by atoms with Crippen LogP contribution in [0.5, 0.6) is 0 Å². The van der Waals surface area contributed by atoms with Crippen molar-refractivity contribution in [3.05, 3.63) is 82.9 Å². The monoisotopic (exact) mass is 1390 g/mol. The van der Waals surface area contributed by atoms with Crippen LogP contribution in [0, 0.1) is 0 Å². The van der Waals surface area contributed by atoms with E-state index in [9.17, 15) is 25.9 Å². The van der Waals surface area contributed by atoms with Gasteiger partial charge in [0.25, 0.3) is 0 Å². The van der Waals surface area contributed by atoms with Crippen molar-refractivity contribution in [3.8, 4) is 0 Å². The average Bonchev–Trinajstić information content (AvgIpc) is 1.24. The molecule has 0 saturated heterocycles. The Morgan fingerprint density at radius 1 is 0.236 bits per heavy atom. The smallest absolute Gasteiger partial charge is 0.744 e. The van der Waals surface area contributed by atoms with E-state index in [1.807, 2.05) is 24.3 Å². The van der Waals surface area contributed by atoms with Crippen molar-refractivity contribution < 1.29 is 25.9 Å². The van der Waals surface area contributed by atoms with Gasteiger partial charge in [-0.3, -0.25) is 0 Å². The molecule has 504 valence electrons. The van der Waals surface area contributed by atoms with Gasteiger partial charge in [-0.15, -0.1) is 0 Å². The van der Waals surface area contributed by atoms with Crippen molar-refractivity contribution in [3.63, 3.8) is 0 Å². The van der Waals surface area contributed by atoms with Gasteiger partial charge in [0, 0.05) is 0 Å². The first-order valence-electron chi connectivity index (χ1n) is 38.0. The van der Waals surface area contributed by atoms with Gasteiger partial charge in [0.2, 0.25) is 0 Å². The molecule has 4 aromatic carbocycles. The molecule has 4 aromatic rings. The minimum absolute atomic E-state index is 0. The van der Waals surface area contributed by atoms with E-state index in [4.69, 9.17) is 0 Å². The fraction of sp³-hybridized carbons (Fsp3) is 0.750. The van der Waals surface area contributed by atoms with E-state index < -0.39 is 20.2 Å². The summed E-state index contributed by atoms with van der Waals surface area (Å²) in [7, 11) is -8.99. The first-order valence-corrected chi connectivity index (χ1v) is 40.8. The van der Waals surface area contributed by atoms with Crippen molar-refractivity contribution in [2.45, 2.75) is 397 Å². The van der Waals surface area contributed by atoms with Crippen molar-refractivity contribution >= 4 is 90.7 Å². The summed E-state index contributed by atoms with van der Waals surface area (Å²) in [4.78, 5) is -0.0240. The third-order valence-corrected chi connectivity index (χ3v) is 21.0. The van der Waals surface area contributed by atoms with Crippen LogP contribution < -0.4 is 0 Å². The molecule has 0 aliphatic heterocycles. The zero-order valence-electron chi connectivity index (χ0n) is 58.3. The van der Waals surface area contributed by atoms with E-state index in [-0.39, 0.29) is 58.7 Å². The molecule has 89 heavy (non-hydrogen) atoms. The summed E-state index contributed by atoms with van der Waals surface area (Å²) in [5.41, 5.74) is 4.06. The first-order chi connectivity index (χ1) is 43.0. The van der Waals surface area contributed by atoms with Gasteiger partial charge in [-0.05, 0) is 107 Å². The molecular weight excluding hydrogens is 1260 g/mol. The summed E-state index contributed by atoms with van der Waals surface area (Å²) in [5, 5.41) is 4.19. The Bertz CT molecular complexity index is 2370. The van der Waals surface area contributed by atoms with Gasteiger partial charge >= 0.3 is 48.9 Å². The van der Waals surface area contributed by atoms with E-state index in [1.165, 1.54) is 306 Å². The molecule has 0 N–H and O–H groups in total. The van der Waals surface area contributed by atoms with Gasteiger partial charge in [0.05, 0.1) is 9.79 Å². The number of aryl methyl sites for hydroxylation is 4. The quantitative estimate of drug-likeness (QED) is 0.0247. The molecule has 0 amide bonds. The van der Waals surface area contributed by atoms with Crippen LogP contribution in [0.1, 0.15) is 384 Å². The summed E-state index contributed by atoms with van der Waals surface area (Å²) in [6.45, 7) is 9.09. The number of fused-ring (bicyclic) bond motifs is 2. The fourth-order valence-corrected chi connectivity index (χ4v) is 15.2. The minimum atomic E-state index is -4.50. The molecule has 0 unspecified atom stereocenters. The predicted octanol–water partition coefficient (Wildman–Crippen LogP) is 25.6. The summed E-state index contributed by atoms with van der Waals surface area (Å²) in [6.07, 6.45) is 71.7. The molecule has 0 aromatic heterocycles. The predicted molar refractivity (Wildman–Crippen MR) is 387 cm³/mol. The number of unbranched alkanes of at least 4 members (excludes halogenated alkanes) is 48. The first kappa shape index (κ1) is 83.9. The summed E-state index contributed by atoms with van der Waals surface area (Å²) < 4.78 is 73.0. The number of hydrogen-bond acceptors (Lipinski definition) is 6. The molecule has 6 nitrogen and oxygen atoms in total. The zero-order valence-corrected chi connectivity index (χ0v) is 64.4. The second-order valence-electron chi connectivity index (χ2n) is 27.0. The normalized spacial score (nSPS) is 11.8. The second kappa shape index (κ2) is 56.0. The van der Waals surface area contributed by atoms with Crippen LogP contribution in [0.25, 0.3) is 21.5 Å². The van der Waals surface area contributed by atoms with E-state index in [1.54, 1.807) is 12.1 Å². The van der Waals surface area contributed by atoms with E-state index in [0.29, 0.717) is 12.8 Å². The molecule has 9 heteroatoms. The van der Waals surface area contributed by atoms with Gasteiger partial charge < -0.3 is 9.11 Å². The van der Waals surface area contributed by atoms with Gasteiger partial charge in [0.15, 0.2) is 0 Å². The van der Waals surface area contributed by atoms with Gasteiger partial charge in [-0.1, -0.05) is 384 Å². The molecule has 0 fully saturated rings. The van der Waals surface area contributed by atoms with Crippen LogP contribution in [0.4, 0.5) is 0 Å². The summed E-state index contributed by atoms with van der Waals surface area (Å²) >= 11 is 0. The Balaban J connectivity index is 0.000000600. The van der Waals surface area contributed by atoms with E-state index >= 15 is 0 Å². The third-order valence-electron chi connectivity index (χ3n) is 19.1. The molecule has 0 aliphatic carbocycles. The molecule has 0 bridgehead atoms. The fourth-order valence-electron chi connectivity index (χ4n) is 13.7. The molecule has 4 rings (SSSR count). The SMILES string of the molecule is CCCCCCCCCCCCCCCc1cccc2c(CCCCCCCCCCCCCCC)c(S(=O)(=O)[O-])ccc12.CCCCCCCCCCCCCCCc1cccc2c(CCCCCCCCCCCCCCC)c(S(=O)(=O)[O-])ccc12.[Ba+2]. The van der Waals surface area contributed by atoms with E-state index in [0.717, 1.165) is 84.0 Å². The van der Waals surface area contributed by atoms with Crippen molar-refractivity contribution in [1.82, 2.24) is 0 Å². The van der Waals surface area contributed by atoms with Crippen molar-refractivity contribution in [2.75, 3.05) is 0 Å². The van der Waals surface area contributed by atoms with Crippen LogP contribution >= 0.6 is 0 Å². The molecule has 0 heterocycles. The third kappa shape index (κ3) is 40.1. The molecule has 0 saturated carbocycles. The molecule has 0 aliphatic rings. The van der Waals surface area contributed by atoms with Crippen LogP contribution in [-0.2, 0) is 45.9 Å². The molecule has 0 radical (unpaired) electrons. The largest absolute Gasteiger partial charge is 2.00 e. The Morgan fingerprint density at radius 2 is 0.427 bits per heavy atom. The molecular formula is C80H134BaO6S2. The maximum atomic E-state index is 12.2. The van der Waals surface area contributed by atoms with Crippen molar-refractivity contribution in [2.24, 2.45) is 0 Å². The Kier molecular flexibility index (Phi) is 52.8. The number of rotatable bonds is 58. The number of hydrogen-bond donors (Lipinski definition) is 0. The van der Waals surface area contributed by atoms with Gasteiger partial charge in [0.1, 0.15) is 20.2 Å². The van der Waals surface area contributed by atoms with Gasteiger partial charge in [-0.25, -0.2) is 16.8 Å². The molecule has 0 spiro atoms.